The molecule has 0 spiro atoms. The van der Waals surface area contributed by atoms with E-state index in [2.05, 4.69) is 20.8 Å². The van der Waals surface area contributed by atoms with E-state index in [1.54, 1.807) is 11.3 Å². The van der Waals surface area contributed by atoms with Crippen molar-refractivity contribution in [3.05, 3.63) is 17.5 Å². The monoisotopic (exact) mass is 320 g/mol. The summed E-state index contributed by atoms with van der Waals surface area (Å²) in [5, 5.41) is 20.3. The maximum Gasteiger partial charge on any atom is 0.192 e. The quantitative estimate of drug-likeness (QED) is 0.792. The highest BCUT2D eigenvalue weighted by atomic mass is 32.2. The Morgan fingerprint density at radius 3 is 3.19 bits per heavy atom. The molecule has 3 rings (SSSR count). The van der Waals surface area contributed by atoms with Crippen LogP contribution in [0.4, 0.5) is 0 Å². The van der Waals surface area contributed by atoms with E-state index in [-0.39, 0.29) is 11.4 Å². The van der Waals surface area contributed by atoms with Gasteiger partial charge < -0.3 is 4.74 Å². The molecule has 0 radical (unpaired) electrons. The molecule has 1 saturated heterocycles. The van der Waals surface area contributed by atoms with Crippen LogP contribution < -0.4 is 0 Å². The van der Waals surface area contributed by atoms with Gasteiger partial charge in [-0.2, -0.15) is 5.26 Å². The van der Waals surface area contributed by atoms with Crippen molar-refractivity contribution in [3.63, 3.8) is 0 Å². The molecular weight excluding hydrogens is 304 g/mol. The first-order valence-electron chi connectivity index (χ1n) is 6.93. The van der Waals surface area contributed by atoms with Crippen molar-refractivity contribution >= 4 is 23.1 Å². The van der Waals surface area contributed by atoms with Gasteiger partial charge in [0.15, 0.2) is 11.0 Å². The van der Waals surface area contributed by atoms with Gasteiger partial charge in [-0.1, -0.05) is 17.8 Å². The summed E-state index contributed by atoms with van der Waals surface area (Å²) in [4.78, 5) is 1.09. The lowest BCUT2D eigenvalue weighted by atomic mass is 10.2. The Morgan fingerprint density at radius 1 is 1.62 bits per heavy atom. The SMILES string of the molecule is C[C@H](C#N)Sc1nnc(-c2cccs2)n1C[C@@H]1CCCO1. The topological polar surface area (TPSA) is 63.7 Å². The lowest BCUT2D eigenvalue weighted by Crippen LogP contribution is -2.17. The summed E-state index contributed by atoms with van der Waals surface area (Å²) < 4.78 is 7.84. The predicted molar refractivity (Wildman–Crippen MR) is 83.2 cm³/mol. The first kappa shape index (κ1) is 14.6. The van der Waals surface area contributed by atoms with Crippen LogP contribution in [0.15, 0.2) is 22.7 Å². The molecule has 7 heteroatoms. The Morgan fingerprint density at radius 2 is 2.52 bits per heavy atom. The maximum atomic E-state index is 9.01. The summed E-state index contributed by atoms with van der Waals surface area (Å²) in [5.41, 5.74) is 0. The lowest BCUT2D eigenvalue weighted by molar-refractivity contribution is 0.0953. The number of thioether (sulfide) groups is 1. The van der Waals surface area contributed by atoms with Crippen molar-refractivity contribution in [1.29, 1.82) is 5.26 Å². The summed E-state index contributed by atoms with van der Waals surface area (Å²) in [6, 6.07) is 6.29. The summed E-state index contributed by atoms with van der Waals surface area (Å²) in [6.07, 6.45) is 2.40. The molecule has 2 atom stereocenters. The number of rotatable bonds is 5. The predicted octanol–water partition coefficient (Wildman–Crippen LogP) is 3.19. The molecule has 0 N–H and O–H groups in total. The van der Waals surface area contributed by atoms with Gasteiger partial charge in [0.1, 0.15) is 0 Å². The number of thiophene rings is 1. The van der Waals surface area contributed by atoms with Gasteiger partial charge in [0.2, 0.25) is 0 Å². The molecule has 0 unspecified atom stereocenters. The van der Waals surface area contributed by atoms with Crippen LogP contribution in [0.1, 0.15) is 19.8 Å². The first-order chi connectivity index (χ1) is 10.3. The first-order valence-corrected chi connectivity index (χ1v) is 8.69. The molecule has 1 fully saturated rings. The fraction of sp³-hybridized carbons (Fsp3) is 0.500. The zero-order chi connectivity index (χ0) is 14.7. The summed E-state index contributed by atoms with van der Waals surface area (Å²) in [5.74, 6) is 0.869. The second-order valence-electron chi connectivity index (χ2n) is 4.92. The molecule has 2 aromatic rings. The average molecular weight is 320 g/mol. The lowest BCUT2D eigenvalue weighted by Gasteiger charge is -2.14. The number of nitrogens with zero attached hydrogens (tertiary/aromatic N) is 4. The van der Waals surface area contributed by atoms with Gasteiger partial charge in [-0.05, 0) is 31.2 Å². The van der Waals surface area contributed by atoms with E-state index in [1.807, 2.05) is 24.4 Å². The van der Waals surface area contributed by atoms with Crippen LogP contribution >= 0.6 is 23.1 Å². The van der Waals surface area contributed by atoms with Gasteiger partial charge in [-0.25, -0.2) is 0 Å². The second-order valence-corrected chi connectivity index (χ2v) is 7.17. The van der Waals surface area contributed by atoms with Crippen LogP contribution in [0.5, 0.6) is 0 Å². The van der Waals surface area contributed by atoms with E-state index >= 15 is 0 Å². The third-order valence-electron chi connectivity index (χ3n) is 3.33. The number of aromatic nitrogens is 3. The highest BCUT2D eigenvalue weighted by Gasteiger charge is 2.23. The molecule has 2 aromatic heterocycles. The Labute approximate surface area is 131 Å². The van der Waals surface area contributed by atoms with Crippen LogP contribution in [-0.2, 0) is 11.3 Å². The number of hydrogen-bond donors (Lipinski definition) is 0. The smallest absolute Gasteiger partial charge is 0.192 e. The normalized spacial score (nSPS) is 19.5. The number of ether oxygens (including phenoxy) is 1. The van der Waals surface area contributed by atoms with Crippen molar-refractivity contribution in [2.24, 2.45) is 0 Å². The molecule has 1 aliphatic rings. The van der Waals surface area contributed by atoms with Crippen LogP contribution in [0.3, 0.4) is 0 Å². The third-order valence-corrected chi connectivity index (χ3v) is 5.17. The van der Waals surface area contributed by atoms with E-state index in [1.165, 1.54) is 11.8 Å². The van der Waals surface area contributed by atoms with Gasteiger partial charge in [0.25, 0.3) is 0 Å². The fourth-order valence-electron chi connectivity index (χ4n) is 2.30. The van der Waals surface area contributed by atoms with Crippen molar-refractivity contribution < 1.29 is 4.74 Å². The zero-order valence-electron chi connectivity index (χ0n) is 11.7. The van der Waals surface area contributed by atoms with Crippen LogP contribution in [0, 0.1) is 11.3 Å². The Bertz CT molecular complexity index is 626. The van der Waals surface area contributed by atoms with Crippen LogP contribution in [0.2, 0.25) is 0 Å². The van der Waals surface area contributed by atoms with Crippen molar-refractivity contribution in [2.45, 2.75) is 42.8 Å². The average Bonchev–Trinajstić information content (AvgIpc) is 3.21. The van der Waals surface area contributed by atoms with Gasteiger partial charge in [-0.15, -0.1) is 21.5 Å². The summed E-state index contributed by atoms with van der Waals surface area (Å²) in [6.45, 7) is 3.46. The van der Waals surface area contributed by atoms with Crippen molar-refractivity contribution in [1.82, 2.24) is 14.8 Å². The Hall–Kier alpha value is -1.36. The molecule has 0 aromatic carbocycles. The minimum absolute atomic E-state index is 0.145. The van der Waals surface area contributed by atoms with E-state index < -0.39 is 0 Å². The number of hydrogen-bond acceptors (Lipinski definition) is 6. The van der Waals surface area contributed by atoms with E-state index in [9.17, 15) is 0 Å². The van der Waals surface area contributed by atoms with Crippen molar-refractivity contribution in [3.8, 4) is 16.8 Å². The third kappa shape index (κ3) is 3.28. The zero-order valence-corrected chi connectivity index (χ0v) is 13.4. The molecule has 0 amide bonds. The number of nitriles is 1. The van der Waals surface area contributed by atoms with Gasteiger partial charge >= 0.3 is 0 Å². The summed E-state index contributed by atoms with van der Waals surface area (Å²) in [7, 11) is 0. The van der Waals surface area contributed by atoms with Crippen LogP contribution in [-0.4, -0.2) is 32.7 Å². The molecule has 0 saturated carbocycles. The molecule has 3 heterocycles. The minimum Gasteiger partial charge on any atom is -0.376 e. The minimum atomic E-state index is -0.145. The summed E-state index contributed by atoms with van der Waals surface area (Å²) >= 11 is 3.10. The largest absolute Gasteiger partial charge is 0.376 e. The standard InChI is InChI=1S/C14H16N4OS2/c1-10(8-15)21-14-17-16-13(12-5-3-7-20-12)18(14)9-11-4-2-6-19-11/h3,5,7,10-11H,2,4,6,9H2,1H3/t10-,11+/m1/s1. The second kappa shape index (κ2) is 6.60. The molecule has 1 aliphatic heterocycles. The van der Waals surface area contributed by atoms with E-state index in [0.717, 1.165) is 41.9 Å². The Kier molecular flexibility index (Phi) is 4.58. The molecule has 0 aliphatic carbocycles. The highest BCUT2D eigenvalue weighted by molar-refractivity contribution is 8.00. The molecular formula is C14H16N4OS2. The fourth-order valence-corrected chi connectivity index (χ4v) is 3.77. The van der Waals surface area contributed by atoms with Gasteiger partial charge in [0.05, 0.1) is 28.8 Å². The van der Waals surface area contributed by atoms with Crippen molar-refractivity contribution in [2.75, 3.05) is 6.61 Å². The molecule has 5 nitrogen and oxygen atoms in total. The Balaban J connectivity index is 1.91. The molecule has 0 bridgehead atoms. The van der Waals surface area contributed by atoms with Gasteiger partial charge in [-0.3, -0.25) is 4.57 Å². The van der Waals surface area contributed by atoms with Gasteiger partial charge in [0, 0.05) is 6.61 Å². The highest BCUT2D eigenvalue weighted by Crippen LogP contribution is 2.30. The van der Waals surface area contributed by atoms with Crippen LogP contribution in [0.25, 0.3) is 10.7 Å². The van der Waals surface area contributed by atoms with E-state index in [4.69, 9.17) is 10.00 Å². The maximum absolute atomic E-state index is 9.01. The van der Waals surface area contributed by atoms with E-state index in [0.29, 0.717) is 0 Å². The molecule has 110 valence electrons. The molecule has 21 heavy (non-hydrogen) atoms.